The molecule has 0 spiro atoms. The molecule has 0 unspecified atom stereocenters. The minimum absolute atomic E-state index is 0.0305. The third-order valence-corrected chi connectivity index (χ3v) is 4.22. The number of halogens is 2. The predicted molar refractivity (Wildman–Crippen MR) is 93.1 cm³/mol. The van der Waals surface area contributed by atoms with Gasteiger partial charge in [-0.3, -0.25) is 9.48 Å². The van der Waals surface area contributed by atoms with E-state index in [0.29, 0.717) is 16.6 Å². The molecule has 124 valence electrons. The number of carbonyl (C=O) groups is 1. The average Bonchev–Trinajstić information content (AvgIpc) is 3.20. The number of nitrogens with one attached hydrogen (secondary N) is 1. The summed E-state index contributed by atoms with van der Waals surface area (Å²) in [5, 5.41) is 5.01. The molecule has 4 aromatic rings. The predicted octanol–water partition coefficient (Wildman–Crippen LogP) is 3.99. The lowest BCUT2D eigenvalue weighted by atomic mass is 10.0. The molecule has 0 saturated carbocycles. The Bertz CT molecular complexity index is 1120. The summed E-state index contributed by atoms with van der Waals surface area (Å²) in [5.74, 6) is -1.08. The lowest BCUT2D eigenvalue weighted by molar-refractivity contribution is 0.103. The number of aromatic amines is 1. The fourth-order valence-electron chi connectivity index (χ4n) is 2.74. The molecule has 0 fully saturated rings. The van der Waals surface area contributed by atoms with Crippen LogP contribution in [0, 0.1) is 5.82 Å². The van der Waals surface area contributed by atoms with E-state index >= 15 is 0 Å². The number of benzene rings is 1. The van der Waals surface area contributed by atoms with Crippen molar-refractivity contribution < 1.29 is 9.18 Å². The van der Waals surface area contributed by atoms with Crippen molar-refractivity contribution in [3.63, 3.8) is 0 Å². The zero-order valence-electron chi connectivity index (χ0n) is 13.1. The number of carbonyl (C=O) groups excluding carboxylic acids is 1. The van der Waals surface area contributed by atoms with Crippen LogP contribution in [0.5, 0.6) is 0 Å². The van der Waals surface area contributed by atoms with Crippen LogP contribution in [0.3, 0.4) is 0 Å². The summed E-state index contributed by atoms with van der Waals surface area (Å²) in [5.41, 5.74) is 2.59. The first-order valence-corrected chi connectivity index (χ1v) is 7.86. The van der Waals surface area contributed by atoms with Crippen molar-refractivity contribution in [3.05, 3.63) is 71.0 Å². The molecule has 0 amide bonds. The van der Waals surface area contributed by atoms with Crippen LogP contribution >= 0.6 is 11.6 Å². The standard InChI is InChI=1S/C18H12ClFN4O/c1-24-9-11(7-23-24)10-4-14-15(8-22-18(14)21-6-10)17(25)13-3-2-12(19)5-16(13)20/h2-9H,1H3,(H,21,22). The van der Waals surface area contributed by atoms with Gasteiger partial charge in [-0.1, -0.05) is 11.6 Å². The van der Waals surface area contributed by atoms with Gasteiger partial charge in [0.15, 0.2) is 5.78 Å². The van der Waals surface area contributed by atoms with E-state index in [0.717, 1.165) is 17.2 Å². The Morgan fingerprint density at radius 2 is 2.04 bits per heavy atom. The molecule has 0 atom stereocenters. The Morgan fingerprint density at radius 3 is 2.76 bits per heavy atom. The summed E-state index contributed by atoms with van der Waals surface area (Å²) in [7, 11) is 1.82. The molecule has 1 N–H and O–H groups in total. The molecule has 5 nitrogen and oxygen atoms in total. The summed E-state index contributed by atoms with van der Waals surface area (Å²) in [6.45, 7) is 0. The van der Waals surface area contributed by atoms with Gasteiger partial charge in [-0.15, -0.1) is 0 Å². The number of rotatable bonds is 3. The molecule has 0 aliphatic rings. The van der Waals surface area contributed by atoms with Gasteiger partial charge in [-0.2, -0.15) is 5.10 Å². The fourth-order valence-corrected chi connectivity index (χ4v) is 2.90. The average molecular weight is 355 g/mol. The van der Waals surface area contributed by atoms with Crippen LogP contribution in [-0.4, -0.2) is 25.5 Å². The molecule has 3 aromatic heterocycles. The molecule has 0 bridgehead atoms. The van der Waals surface area contributed by atoms with Crippen LogP contribution in [0.1, 0.15) is 15.9 Å². The van der Waals surface area contributed by atoms with Gasteiger partial charge in [-0.25, -0.2) is 9.37 Å². The van der Waals surface area contributed by atoms with Gasteiger partial charge in [0.05, 0.1) is 11.8 Å². The van der Waals surface area contributed by atoms with E-state index in [1.165, 1.54) is 12.1 Å². The van der Waals surface area contributed by atoms with Crippen LogP contribution in [0.15, 0.2) is 49.1 Å². The van der Waals surface area contributed by atoms with Crippen molar-refractivity contribution >= 4 is 28.4 Å². The van der Waals surface area contributed by atoms with Gasteiger partial charge in [-0.05, 0) is 24.3 Å². The number of aromatic nitrogens is 4. The smallest absolute Gasteiger partial charge is 0.198 e. The van der Waals surface area contributed by atoms with E-state index in [1.807, 2.05) is 19.3 Å². The molecule has 0 aliphatic heterocycles. The molecule has 0 radical (unpaired) electrons. The maximum atomic E-state index is 14.1. The minimum Gasteiger partial charge on any atom is -0.345 e. The zero-order valence-corrected chi connectivity index (χ0v) is 13.9. The van der Waals surface area contributed by atoms with E-state index in [4.69, 9.17) is 11.6 Å². The van der Waals surface area contributed by atoms with Crippen molar-refractivity contribution in [2.24, 2.45) is 7.05 Å². The highest BCUT2D eigenvalue weighted by Crippen LogP contribution is 2.27. The topological polar surface area (TPSA) is 63.6 Å². The molecular formula is C18H12ClFN4O. The van der Waals surface area contributed by atoms with Crippen molar-refractivity contribution in [1.82, 2.24) is 19.7 Å². The molecule has 1 aromatic carbocycles. The van der Waals surface area contributed by atoms with Crippen molar-refractivity contribution in [2.75, 3.05) is 0 Å². The Labute approximate surface area is 147 Å². The van der Waals surface area contributed by atoms with Gasteiger partial charge in [0.2, 0.25) is 0 Å². The van der Waals surface area contributed by atoms with Crippen molar-refractivity contribution in [2.45, 2.75) is 0 Å². The second-order valence-corrected chi connectivity index (χ2v) is 6.11. The van der Waals surface area contributed by atoms with Gasteiger partial charge >= 0.3 is 0 Å². The minimum atomic E-state index is -0.650. The molecule has 4 rings (SSSR count). The molecule has 7 heteroatoms. The Morgan fingerprint density at radius 1 is 1.20 bits per heavy atom. The Kier molecular flexibility index (Phi) is 3.62. The number of hydrogen-bond acceptors (Lipinski definition) is 3. The fraction of sp³-hybridized carbons (Fsp3) is 0.0556. The Hall–Kier alpha value is -2.99. The SMILES string of the molecule is Cn1cc(-c2cnc3[nH]cc(C(=O)c4ccc(Cl)cc4F)c3c2)cn1. The van der Waals surface area contributed by atoms with Gasteiger partial charge in [0, 0.05) is 52.7 Å². The quantitative estimate of drug-likeness (QED) is 0.566. The van der Waals surface area contributed by atoms with E-state index in [2.05, 4.69) is 15.1 Å². The van der Waals surface area contributed by atoms with E-state index in [-0.39, 0.29) is 10.6 Å². The lowest BCUT2D eigenvalue weighted by Crippen LogP contribution is -2.03. The maximum Gasteiger partial charge on any atom is 0.198 e. The largest absolute Gasteiger partial charge is 0.345 e. The monoisotopic (exact) mass is 354 g/mol. The molecular weight excluding hydrogens is 343 g/mol. The number of H-pyrrole nitrogens is 1. The van der Waals surface area contributed by atoms with Gasteiger partial charge in [0.25, 0.3) is 0 Å². The van der Waals surface area contributed by atoms with Crippen LogP contribution in [0.25, 0.3) is 22.2 Å². The number of hydrogen-bond donors (Lipinski definition) is 1. The number of aryl methyl sites for hydroxylation is 1. The third kappa shape index (κ3) is 2.70. The van der Waals surface area contributed by atoms with Crippen LogP contribution < -0.4 is 0 Å². The summed E-state index contributed by atoms with van der Waals surface area (Å²) in [4.78, 5) is 20.1. The van der Waals surface area contributed by atoms with E-state index in [9.17, 15) is 9.18 Å². The molecule has 0 aliphatic carbocycles. The van der Waals surface area contributed by atoms with Gasteiger partial charge in [0.1, 0.15) is 11.5 Å². The number of nitrogens with zero attached hydrogens (tertiary/aromatic N) is 3. The number of fused-ring (bicyclic) bond motifs is 1. The van der Waals surface area contributed by atoms with E-state index < -0.39 is 11.6 Å². The van der Waals surface area contributed by atoms with E-state index in [1.54, 1.807) is 23.3 Å². The third-order valence-electron chi connectivity index (χ3n) is 3.99. The molecule has 0 saturated heterocycles. The summed E-state index contributed by atoms with van der Waals surface area (Å²) < 4.78 is 15.8. The number of ketones is 1. The first kappa shape index (κ1) is 15.5. The normalized spacial score (nSPS) is 11.2. The van der Waals surface area contributed by atoms with Crippen molar-refractivity contribution in [1.29, 1.82) is 0 Å². The second kappa shape index (κ2) is 5.82. The van der Waals surface area contributed by atoms with Crippen LogP contribution in [-0.2, 0) is 7.05 Å². The highest BCUT2D eigenvalue weighted by molar-refractivity contribution is 6.30. The maximum absolute atomic E-state index is 14.1. The highest BCUT2D eigenvalue weighted by atomic mass is 35.5. The highest BCUT2D eigenvalue weighted by Gasteiger charge is 2.19. The first-order chi connectivity index (χ1) is 12.0. The Balaban J connectivity index is 1.83. The van der Waals surface area contributed by atoms with Crippen LogP contribution in [0.4, 0.5) is 4.39 Å². The number of pyridine rings is 1. The first-order valence-electron chi connectivity index (χ1n) is 7.49. The molecule has 3 heterocycles. The van der Waals surface area contributed by atoms with Crippen LogP contribution in [0.2, 0.25) is 5.02 Å². The van der Waals surface area contributed by atoms with Gasteiger partial charge < -0.3 is 4.98 Å². The lowest BCUT2D eigenvalue weighted by Gasteiger charge is -2.03. The summed E-state index contributed by atoms with van der Waals surface area (Å²) in [6.07, 6.45) is 6.82. The molecule has 25 heavy (non-hydrogen) atoms. The summed E-state index contributed by atoms with van der Waals surface area (Å²) in [6, 6.07) is 5.85. The second-order valence-electron chi connectivity index (χ2n) is 5.68. The van der Waals surface area contributed by atoms with Crippen molar-refractivity contribution in [3.8, 4) is 11.1 Å². The zero-order chi connectivity index (χ0) is 17.6. The summed E-state index contributed by atoms with van der Waals surface area (Å²) >= 11 is 5.76.